The Balaban J connectivity index is 2.27. The van der Waals surface area contributed by atoms with Crippen molar-refractivity contribution in [3.05, 3.63) is 11.3 Å². The molecule has 0 radical (unpaired) electrons. The second-order valence-corrected chi connectivity index (χ2v) is 4.58. The highest BCUT2D eigenvalue weighted by atomic mass is 35.5. The number of anilines is 2. The number of nitrogen functional groups attached to an aromatic ring is 1. The molecule has 1 atom stereocenters. The largest absolute Gasteiger partial charge is 0.382 e. The zero-order valence-corrected chi connectivity index (χ0v) is 10.3. The molecule has 1 aliphatic rings. The predicted octanol–water partition coefficient (Wildman–Crippen LogP) is 0.852. The van der Waals surface area contributed by atoms with Gasteiger partial charge >= 0.3 is 0 Å². The zero-order valence-electron chi connectivity index (χ0n) is 9.52. The third kappa shape index (κ3) is 2.05. The van der Waals surface area contributed by atoms with Gasteiger partial charge in [-0.25, -0.2) is 9.97 Å². The quantitative estimate of drug-likeness (QED) is 0.790. The Labute approximate surface area is 100 Å². The fraction of sp³-hybridized carbons (Fsp3) is 0.600. The molecule has 0 amide bonds. The van der Waals surface area contributed by atoms with Crippen LogP contribution in [0, 0.1) is 0 Å². The van der Waals surface area contributed by atoms with Crippen LogP contribution in [-0.2, 0) is 0 Å². The molecule has 1 unspecified atom stereocenters. The Hall–Kier alpha value is -1.07. The van der Waals surface area contributed by atoms with Crippen LogP contribution in [0.4, 0.5) is 11.6 Å². The summed E-state index contributed by atoms with van der Waals surface area (Å²) in [6.07, 6.45) is 1.46. The first-order valence-corrected chi connectivity index (χ1v) is 5.68. The number of hydrogen-bond acceptors (Lipinski definition) is 5. The van der Waals surface area contributed by atoms with Gasteiger partial charge in [0.15, 0.2) is 5.82 Å². The molecular weight excluding hydrogens is 226 g/mol. The summed E-state index contributed by atoms with van der Waals surface area (Å²) < 4.78 is 0. The van der Waals surface area contributed by atoms with Gasteiger partial charge in [0.05, 0.1) is 0 Å². The lowest BCUT2D eigenvalue weighted by Crippen LogP contribution is -2.51. The Kier molecular flexibility index (Phi) is 3.16. The third-order valence-electron chi connectivity index (χ3n) is 2.90. The maximum atomic E-state index is 6.12. The molecule has 1 aliphatic heterocycles. The van der Waals surface area contributed by atoms with Crippen molar-refractivity contribution in [2.45, 2.75) is 13.0 Å². The average molecular weight is 242 g/mol. The number of hydrogen-bond donors (Lipinski definition) is 1. The summed E-state index contributed by atoms with van der Waals surface area (Å²) in [5, 5.41) is 0.457. The number of likely N-dealkylation sites (N-methyl/N-ethyl adjacent to an activating group) is 1. The molecule has 2 rings (SSSR count). The number of aromatic nitrogens is 2. The van der Waals surface area contributed by atoms with E-state index in [1.807, 2.05) is 0 Å². The summed E-state index contributed by atoms with van der Waals surface area (Å²) in [5.41, 5.74) is 5.68. The third-order valence-corrected chi connectivity index (χ3v) is 3.26. The van der Waals surface area contributed by atoms with Gasteiger partial charge in [-0.05, 0) is 14.0 Å². The van der Waals surface area contributed by atoms with Crippen molar-refractivity contribution in [3.63, 3.8) is 0 Å². The molecule has 0 aromatic carbocycles. The van der Waals surface area contributed by atoms with Gasteiger partial charge in [-0.15, -0.1) is 0 Å². The van der Waals surface area contributed by atoms with Gasteiger partial charge in [-0.3, -0.25) is 0 Å². The van der Waals surface area contributed by atoms with Crippen molar-refractivity contribution in [2.24, 2.45) is 0 Å². The molecule has 1 saturated heterocycles. The first-order chi connectivity index (χ1) is 7.59. The molecule has 16 heavy (non-hydrogen) atoms. The van der Waals surface area contributed by atoms with Crippen molar-refractivity contribution in [1.29, 1.82) is 0 Å². The second-order valence-electron chi connectivity index (χ2n) is 4.20. The van der Waals surface area contributed by atoms with Gasteiger partial charge in [0.25, 0.3) is 0 Å². The fourth-order valence-corrected chi connectivity index (χ4v) is 2.23. The van der Waals surface area contributed by atoms with E-state index in [-0.39, 0.29) is 0 Å². The van der Waals surface area contributed by atoms with E-state index >= 15 is 0 Å². The Morgan fingerprint density at radius 3 is 2.88 bits per heavy atom. The van der Waals surface area contributed by atoms with Crippen LogP contribution >= 0.6 is 11.6 Å². The van der Waals surface area contributed by atoms with Crippen LogP contribution in [0.1, 0.15) is 6.92 Å². The van der Waals surface area contributed by atoms with Gasteiger partial charge in [-0.1, -0.05) is 11.6 Å². The molecule has 2 N–H and O–H groups in total. The maximum Gasteiger partial charge on any atom is 0.153 e. The van der Waals surface area contributed by atoms with Crippen molar-refractivity contribution in [2.75, 3.05) is 37.3 Å². The van der Waals surface area contributed by atoms with Crippen LogP contribution in [0.3, 0.4) is 0 Å². The molecule has 1 aromatic rings. The lowest BCUT2D eigenvalue weighted by atomic mass is 10.2. The summed E-state index contributed by atoms with van der Waals surface area (Å²) >= 11 is 6.12. The van der Waals surface area contributed by atoms with Gasteiger partial charge in [-0.2, -0.15) is 0 Å². The van der Waals surface area contributed by atoms with E-state index in [0.717, 1.165) is 25.5 Å². The predicted molar refractivity (Wildman–Crippen MR) is 65.8 cm³/mol. The first kappa shape index (κ1) is 11.4. The van der Waals surface area contributed by atoms with Crippen LogP contribution < -0.4 is 10.6 Å². The van der Waals surface area contributed by atoms with Crippen molar-refractivity contribution < 1.29 is 0 Å². The number of nitrogens with two attached hydrogens (primary N) is 1. The lowest BCUT2D eigenvalue weighted by molar-refractivity contribution is 0.274. The minimum absolute atomic E-state index is 0.345. The fourth-order valence-electron chi connectivity index (χ4n) is 2.03. The second kappa shape index (κ2) is 4.43. The van der Waals surface area contributed by atoms with Crippen LogP contribution in [0.15, 0.2) is 6.33 Å². The molecule has 6 heteroatoms. The minimum atomic E-state index is 0.345. The van der Waals surface area contributed by atoms with E-state index < -0.39 is 0 Å². The number of rotatable bonds is 1. The highest BCUT2D eigenvalue weighted by Gasteiger charge is 2.25. The van der Waals surface area contributed by atoms with Crippen LogP contribution in [-0.4, -0.2) is 47.6 Å². The molecule has 0 spiro atoms. The topological polar surface area (TPSA) is 58.3 Å². The standard InChI is InChI=1S/C10H16ClN5/c1-7-5-15(2)3-4-16(7)10-8(11)9(12)13-6-14-10/h6-7H,3-5H2,1-2H3,(H2,12,13,14). The first-order valence-electron chi connectivity index (χ1n) is 5.30. The van der Waals surface area contributed by atoms with E-state index in [2.05, 4.69) is 33.7 Å². The molecule has 0 aliphatic carbocycles. The molecule has 1 fully saturated rings. The van der Waals surface area contributed by atoms with Gasteiger partial charge in [0, 0.05) is 25.7 Å². The Morgan fingerprint density at radius 2 is 2.19 bits per heavy atom. The molecule has 1 aromatic heterocycles. The molecule has 0 bridgehead atoms. The molecular formula is C10H16ClN5. The Morgan fingerprint density at radius 1 is 1.44 bits per heavy atom. The van der Waals surface area contributed by atoms with Crippen molar-refractivity contribution in [1.82, 2.24) is 14.9 Å². The van der Waals surface area contributed by atoms with Crippen molar-refractivity contribution in [3.8, 4) is 0 Å². The van der Waals surface area contributed by atoms with Crippen LogP contribution in [0.5, 0.6) is 0 Å². The van der Waals surface area contributed by atoms with E-state index in [9.17, 15) is 0 Å². The van der Waals surface area contributed by atoms with Crippen molar-refractivity contribution >= 4 is 23.2 Å². The minimum Gasteiger partial charge on any atom is -0.382 e. The zero-order chi connectivity index (χ0) is 11.7. The van der Waals surface area contributed by atoms with Gasteiger partial charge < -0.3 is 15.5 Å². The Bertz CT molecular complexity index is 383. The van der Waals surface area contributed by atoms with E-state index in [0.29, 0.717) is 16.9 Å². The normalized spacial score (nSPS) is 22.4. The molecule has 0 saturated carbocycles. The van der Waals surface area contributed by atoms with E-state index in [4.69, 9.17) is 17.3 Å². The smallest absolute Gasteiger partial charge is 0.153 e. The number of halogens is 1. The van der Waals surface area contributed by atoms with Gasteiger partial charge in [0.1, 0.15) is 17.2 Å². The number of piperazine rings is 1. The lowest BCUT2D eigenvalue weighted by Gasteiger charge is -2.39. The summed E-state index contributed by atoms with van der Waals surface area (Å²) in [6.45, 7) is 5.07. The number of nitrogens with zero attached hydrogens (tertiary/aromatic N) is 4. The summed E-state index contributed by atoms with van der Waals surface area (Å²) in [4.78, 5) is 12.6. The molecule has 5 nitrogen and oxygen atoms in total. The highest BCUT2D eigenvalue weighted by Crippen LogP contribution is 2.29. The maximum absolute atomic E-state index is 6.12. The molecule has 2 heterocycles. The summed E-state index contributed by atoms with van der Waals surface area (Å²) in [6, 6.07) is 0.380. The van der Waals surface area contributed by atoms with Gasteiger partial charge in [0.2, 0.25) is 0 Å². The summed E-state index contributed by atoms with van der Waals surface area (Å²) in [5.74, 6) is 1.09. The van der Waals surface area contributed by atoms with Crippen LogP contribution in [0.2, 0.25) is 5.02 Å². The summed E-state index contributed by atoms with van der Waals surface area (Å²) in [7, 11) is 2.11. The van der Waals surface area contributed by atoms with Crippen LogP contribution in [0.25, 0.3) is 0 Å². The SMILES string of the molecule is CC1CN(C)CCN1c1ncnc(N)c1Cl. The average Bonchev–Trinajstić information content (AvgIpc) is 2.23. The van der Waals surface area contributed by atoms with E-state index in [1.54, 1.807) is 0 Å². The van der Waals surface area contributed by atoms with E-state index in [1.165, 1.54) is 6.33 Å². The highest BCUT2D eigenvalue weighted by molar-refractivity contribution is 6.35. The molecule has 88 valence electrons. The monoisotopic (exact) mass is 241 g/mol.